The van der Waals surface area contributed by atoms with Gasteiger partial charge in [-0.3, -0.25) is 4.79 Å². The lowest BCUT2D eigenvalue weighted by molar-refractivity contribution is -0.303. The molecule has 1 aliphatic rings. The number of carbonyl (C=O) groups is 1. The molecular formula is C79H157NO10. The lowest BCUT2D eigenvalue weighted by Crippen LogP contribution is -2.60. The summed E-state index contributed by atoms with van der Waals surface area (Å²) in [5, 5.41) is 76.8. The molecule has 0 spiro atoms. The minimum absolute atomic E-state index is 0.268. The topological polar surface area (TPSA) is 189 Å². The van der Waals surface area contributed by atoms with Gasteiger partial charge >= 0.3 is 0 Å². The highest BCUT2D eigenvalue weighted by atomic mass is 16.7. The zero-order valence-electron chi connectivity index (χ0n) is 59.9. The molecule has 11 heteroatoms. The molecule has 1 heterocycles. The molecule has 0 radical (unpaired) electrons. The summed E-state index contributed by atoms with van der Waals surface area (Å²) in [6, 6.07) is -1.17. The zero-order chi connectivity index (χ0) is 65.3. The van der Waals surface area contributed by atoms with Crippen LogP contribution in [-0.2, 0) is 14.3 Å². The normalized spacial score (nSPS) is 18.3. The van der Waals surface area contributed by atoms with E-state index in [9.17, 15) is 40.5 Å². The Balaban J connectivity index is 2.11. The van der Waals surface area contributed by atoms with Crippen LogP contribution in [0.5, 0.6) is 0 Å². The second kappa shape index (κ2) is 68.1. The second-order valence-electron chi connectivity index (χ2n) is 28.9. The Morgan fingerprint density at radius 2 is 0.578 bits per heavy atom. The van der Waals surface area contributed by atoms with Gasteiger partial charge in [0.2, 0.25) is 5.91 Å². The van der Waals surface area contributed by atoms with E-state index in [-0.39, 0.29) is 6.42 Å². The SMILES string of the molecule is CCCCCCCCCCCCCCCCCCCCCCCCCCCCCCCCCCC(O)C(O)C(COC1OC(CO)C(O)C(O)C1O)NC(=O)C(O)CCCCCCCCCCCCCCCCCCCCCCCCCCCCCCCCC. The van der Waals surface area contributed by atoms with E-state index in [0.29, 0.717) is 19.3 Å². The van der Waals surface area contributed by atoms with Crippen molar-refractivity contribution >= 4 is 5.91 Å². The minimum Gasteiger partial charge on any atom is -0.394 e. The number of nitrogens with one attached hydrogen (secondary N) is 1. The van der Waals surface area contributed by atoms with Crippen LogP contribution in [-0.4, -0.2) is 110 Å². The van der Waals surface area contributed by atoms with Crippen molar-refractivity contribution in [2.75, 3.05) is 13.2 Å². The summed E-state index contributed by atoms with van der Waals surface area (Å²) in [5.41, 5.74) is 0. The van der Waals surface area contributed by atoms with Crippen molar-refractivity contribution in [3.63, 3.8) is 0 Å². The van der Waals surface area contributed by atoms with Gasteiger partial charge in [-0.15, -0.1) is 0 Å². The Labute approximate surface area is 558 Å². The predicted octanol–water partition coefficient (Wildman–Crippen LogP) is 20.8. The van der Waals surface area contributed by atoms with Crippen LogP contribution in [0.15, 0.2) is 0 Å². The van der Waals surface area contributed by atoms with Gasteiger partial charge < -0.3 is 50.5 Å². The van der Waals surface area contributed by atoms with Crippen molar-refractivity contribution in [3.05, 3.63) is 0 Å². The third-order valence-electron chi connectivity index (χ3n) is 20.2. The van der Waals surface area contributed by atoms with Crippen LogP contribution >= 0.6 is 0 Å². The molecule has 538 valence electrons. The molecular weight excluding hydrogens is 1120 g/mol. The van der Waals surface area contributed by atoms with Crippen molar-refractivity contribution in [2.24, 2.45) is 0 Å². The predicted molar refractivity (Wildman–Crippen MR) is 381 cm³/mol. The van der Waals surface area contributed by atoms with Crippen LogP contribution in [0.3, 0.4) is 0 Å². The monoisotopic (exact) mass is 1280 g/mol. The molecule has 0 aromatic carbocycles. The van der Waals surface area contributed by atoms with Crippen LogP contribution in [0.2, 0.25) is 0 Å². The van der Waals surface area contributed by atoms with Gasteiger partial charge in [0, 0.05) is 0 Å². The molecule has 1 aliphatic heterocycles. The van der Waals surface area contributed by atoms with Crippen LogP contribution in [0, 0.1) is 0 Å². The molecule has 90 heavy (non-hydrogen) atoms. The molecule has 0 aliphatic carbocycles. The summed E-state index contributed by atoms with van der Waals surface area (Å²) < 4.78 is 11.2. The Hall–Kier alpha value is -0.890. The first-order chi connectivity index (χ1) is 44.2. The largest absolute Gasteiger partial charge is 0.394 e. The summed E-state index contributed by atoms with van der Waals surface area (Å²) in [7, 11) is 0. The van der Waals surface area contributed by atoms with Gasteiger partial charge in [0.05, 0.1) is 25.4 Å². The molecule has 0 saturated carbocycles. The van der Waals surface area contributed by atoms with E-state index >= 15 is 0 Å². The molecule has 1 amide bonds. The van der Waals surface area contributed by atoms with E-state index < -0.39 is 74.2 Å². The van der Waals surface area contributed by atoms with Gasteiger partial charge in [0.1, 0.15) is 36.6 Å². The number of amides is 1. The Kier molecular flexibility index (Phi) is 65.9. The number of carbonyl (C=O) groups excluding carboxylic acids is 1. The van der Waals surface area contributed by atoms with Gasteiger partial charge in [0.25, 0.3) is 0 Å². The van der Waals surface area contributed by atoms with Gasteiger partial charge in [-0.2, -0.15) is 0 Å². The van der Waals surface area contributed by atoms with Gasteiger partial charge in [-0.05, 0) is 12.8 Å². The Morgan fingerprint density at radius 1 is 0.344 bits per heavy atom. The van der Waals surface area contributed by atoms with Crippen molar-refractivity contribution in [1.82, 2.24) is 5.32 Å². The minimum atomic E-state index is -1.66. The molecule has 0 bridgehead atoms. The highest BCUT2D eigenvalue weighted by Crippen LogP contribution is 2.25. The second-order valence-corrected chi connectivity index (χ2v) is 28.9. The lowest BCUT2D eigenvalue weighted by atomic mass is 9.98. The molecule has 1 fully saturated rings. The highest BCUT2D eigenvalue weighted by Gasteiger charge is 2.44. The summed E-state index contributed by atoms with van der Waals surface area (Å²) in [4.78, 5) is 13.3. The van der Waals surface area contributed by atoms with E-state index in [2.05, 4.69) is 19.2 Å². The van der Waals surface area contributed by atoms with E-state index in [0.717, 1.165) is 38.5 Å². The summed E-state index contributed by atoms with van der Waals surface area (Å²) in [6.07, 6.45) is 73.7. The molecule has 1 saturated heterocycles. The zero-order valence-corrected chi connectivity index (χ0v) is 59.9. The van der Waals surface area contributed by atoms with Crippen molar-refractivity contribution in [3.8, 4) is 0 Å². The van der Waals surface area contributed by atoms with E-state index in [4.69, 9.17) is 9.47 Å². The molecule has 9 unspecified atom stereocenters. The molecule has 0 aromatic rings. The summed E-state index contributed by atoms with van der Waals surface area (Å²) in [6.45, 7) is 3.55. The standard InChI is InChI=1S/C79H157NO10/c1-3-5-7-9-11-13-15-17-19-21-23-25-27-29-31-33-35-37-38-40-42-44-46-48-50-52-54-56-58-60-62-64-66-71(82)74(84)70(69-89-79-77(87)76(86)75(85)73(68-81)90-79)80-78(88)72(83)67-65-63-61-59-57-55-53-51-49-47-45-43-41-39-36-34-32-30-28-26-24-22-20-18-16-14-12-10-8-6-4-2/h70-77,79,81-87H,3-69H2,1-2H3,(H,80,88). The van der Waals surface area contributed by atoms with E-state index in [1.54, 1.807) is 0 Å². The fraction of sp³-hybridized carbons (Fsp3) is 0.987. The van der Waals surface area contributed by atoms with Crippen LogP contribution in [0.1, 0.15) is 431 Å². The first-order valence-electron chi connectivity index (χ1n) is 40.4. The van der Waals surface area contributed by atoms with Crippen LogP contribution in [0.4, 0.5) is 0 Å². The maximum atomic E-state index is 13.3. The average molecular weight is 1280 g/mol. The van der Waals surface area contributed by atoms with Crippen molar-refractivity contribution in [1.29, 1.82) is 0 Å². The van der Waals surface area contributed by atoms with E-state index in [1.165, 1.54) is 353 Å². The van der Waals surface area contributed by atoms with Crippen molar-refractivity contribution in [2.45, 2.75) is 486 Å². The summed E-state index contributed by atoms with van der Waals surface area (Å²) >= 11 is 0. The first kappa shape index (κ1) is 87.1. The number of unbranched alkanes of at least 4 members (excludes halogenated alkanes) is 61. The average Bonchev–Trinajstić information content (AvgIpc) is 1.45. The molecule has 9 atom stereocenters. The van der Waals surface area contributed by atoms with Gasteiger partial charge in [0.15, 0.2) is 6.29 Å². The Bertz CT molecular complexity index is 1420. The fourth-order valence-corrected chi connectivity index (χ4v) is 13.7. The first-order valence-corrected chi connectivity index (χ1v) is 40.4. The maximum Gasteiger partial charge on any atom is 0.249 e. The third-order valence-corrected chi connectivity index (χ3v) is 20.2. The van der Waals surface area contributed by atoms with Crippen LogP contribution < -0.4 is 5.32 Å². The lowest BCUT2D eigenvalue weighted by Gasteiger charge is -2.40. The van der Waals surface area contributed by atoms with Gasteiger partial charge in [-0.25, -0.2) is 0 Å². The quantitative estimate of drug-likeness (QED) is 0.0272. The number of ether oxygens (including phenoxy) is 2. The Morgan fingerprint density at radius 3 is 0.822 bits per heavy atom. The number of aliphatic hydroxyl groups excluding tert-OH is 7. The molecule has 0 aromatic heterocycles. The molecule has 8 N–H and O–H groups in total. The smallest absolute Gasteiger partial charge is 0.249 e. The number of aliphatic hydroxyl groups is 7. The fourth-order valence-electron chi connectivity index (χ4n) is 13.7. The third kappa shape index (κ3) is 54.3. The van der Waals surface area contributed by atoms with Gasteiger partial charge in [-0.1, -0.05) is 418 Å². The number of hydrogen-bond donors (Lipinski definition) is 8. The van der Waals surface area contributed by atoms with E-state index in [1.807, 2.05) is 0 Å². The van der Waals surface area contributed by atoms with Crippen LogP contribution in [0.25, 0.3) is 0 Å². The maximum absolute atomic E-state index is 13.3. The molecule has 1 rings (SSSR count). The molecule has 11 nitrogen and oxygen atoms in total. The van der Waals surface area contributed by atoms with Crippen molar-refractivity contribution < 1.29 is 50.0 Å². The number of hydrogen-bond acceptors (Lipinski definition) is 10. The highest BCUT2D eigenvalue weighted by molar-refractivity contribution is 5.80. The number of rotatable bonds is 73. The summed E-state index contributed by atoms with van der Waals surface area (Å²) in [5.74, 6) is -0.685.